The van der Waals surface area contributed by atoms with Gasteiger partial charge >= 0.3 is 5.69 Å². The van der Waals surface area contributed by atoms with E-state index in [2.05, 4.69) is 20.5 Å². The molecule has 0 amide bonds. The van der Waals surface area contributed by atoms with Crippen molar-refractivity contribution in [2.75, 3.05) is 5.43 Å². The second kappa shape index (κ2) is 8.05. The van der Waals surface area contributed by atoms with E-state index in [1.54, 1.807) is 12.1 Å². The number of benzene rings is 2. The van der Waals surface area contributed by atoms with Crippen molar-refractivity contribution in [1.29, 1.82) is 0 Å². The van der Waals surface area contributed by atoms with Gasteiger partial charge in [-0.25, -0.2) is 4.98 Å². The number of nitro benzene ring substituents is 2. The Hall–Kier alpha value is -4.19. The summed E-state index contributed by atoms with van der Waals surface area (Å²) in [6.07, 6.45) is 1.34. The van der Waals surface area contributed by atoms with Crippen LogP contribution >= 0.6 is 11.8 Å². The van der Waals surface area contributed by atoms with Crippen LogP contribution in [0.1, 0.15) is 5.76 Å². The Balaban J connectivity index is 1.45. The summed E-state index contributed by atoms with van der Waals surface area (Å²) in [5.41, 5.74) is 3.46. The molecule has 2 heterocycles. The Morgan fingerprint density at radius 1 is 1.10 bits per heavy atom. The van der Waals surface area contributed by atoms with Crippen LogP contribution < -0.4 is 5.43 Å². The summed E-state index contributed by atoms with van der Waals surface area (Å²) < 4.78 is 5.64. The third-order valence-corrected chi connectivity index (χ3v) is 4.74. The van der Waals surface area contributed by atoms with Crippen molar-refractivity contribution in [3.63, 3.8) is 0 Å². The molecule has 0 aliphatic carbocycles. The van der Waals surface area contributed by atoms with Crippen molar-refractivity contribution in [2.24, 2.45) is 5.10 Å². The van der Waals surface area contributed by atoms with E-state index in [-0.39, 0.29) is 11.4 Å². The number of nitro groups is 2. The molecule has 0 radical (unpaired) electrons. The Morgan fingerprint density at radius 3 is 2.70 bits per heavy atom. The third-order valence-electron chi connectivity index (χ3n) is 3.93. The van der Waals surface area contributed by atoms with Gasteiger partial charge in [0.05, 0.1) is 33.2 Å². The topological polar surface area (TPSA) is 152 Å². The predicted octanol–water partition coefficient (Wildman–Crippen LogP) is 4.57. The van der Waals surface area contributed by atoms with E-state index >= 15 is 0 Å². The fourth-order valence-corrected chi connectivity index (χ4v) is 3.35. The highest BCUT2D eigenvalue weighted by atomic mass is 32.2. The van der Waals surface area contributed by atoms with E-state index in [0.717, 1.165) is 23.2 Å². The fourth-order valence-electron chi connectivity index (χ4n) is 2.58. The molecule has 0 atom stereocenters. The molecule has 0 saturated heterocycles. The number of imidazole rings is 1. The lowest BCUT2D eigenvalue weighted by atomic mass is 10.2. The molecule has 2 aromatic heterocycles. The normalized spacial score (nSPS) is 11.2. The minimum atomic E-state index is -0.722. The molecule has 0 aliphatic rings. The maximum atomic E-state index is 11.1. The van der Waals surface area contributed by atoms with E-state index in [4.69, 9.17) is 4.42 Å². The summed E-state index contributed by atoms with van der Waals surface area (Å²) >= 11 is 1.31. The summed E-state index contributed by atoms with van der Waals surface area (Å²) in [7, 11) is 0. The first kappa shape index (κ1) is 19.1. The van der Waals surface area contributed by atoms with Crippen LogP contribution in [0.5, 0.6) is 0 Å². The summed E-state index contributed by atoms with van der Waals surface area (Å²) in [6, 6.07) is 14.3. The molecule has 11 nitrogen and oxygen atoms in total. The van der Waals surface area contributed by atoms with Gasteiger partial charge in [0, 0.05) is 6.07 Å². The van der Waals surface area contributed by atoms with Gasteiger partial charge in [-0.1, -0.05) is 12.1 Å². The van der Waals surface area contributed by atoms with Crippen LogP contribution in [0.15, 0.2) is 74.4 Å². The molecular weight excluding hydrogens is 412 g/mol. The van der Waals surface area contributed by atoms with E-state index in [1.807, 2.05) is 24.3 Å². The van der Waals surface area contributed by atoms with E-state index in [9.17, 15) is 20.2 Å². The minimum Gasteiger partial charge on any atom is -0.448 e. The Bertz CT molecular complexity index is 1250. The number of aromatic nitrogens is 2. The molecule has 4 aromatic rings. The summed E-state index contributed by atoms with van der Waals surface area (Å²) in [5.74, 6) is 0.408. The number of furan rings is 1. The first-order chi connectivity index (χ1) is 14.5. The van der Waals surface area contributed by atoms with Gasteiger partial charge in [0.1, 0.15) is 11.4 Å². The average molecular weight is 424 g/mol. The third kappa shape index (κ3) is 4.12. The van der Waals surface area contributed by atoms with Crippen molar-refractivity contribution < 1.29 is 14.3 Å². The highest BCUT2D eigenvalue weighted by Crippen LogP contribution is 2.30. The lowest BCUT2D eigenvalue weighted by Crippen LogP contribution is -1.98. The highest BCUT2D eigenvalue weighted by molar-refractivity contribution is 7.99. The monoisotopic (exact) mass is 424 g/mol. The van der Waals surface area contributed by atoms with E-state index < -0.39 is 15.5 Å². The molecule has 4 rings (SSSR count). The molecule has 0 aliphatic heterocycles. The van der Waals surface area contributed by atoms with Gasteiger partial charge in [-0.15, -0.1) is 0 Å². The molecule has 12 heteroatoms. The highest BCUT2D eigenvalue weighted by Gasteiger charge is 2.19. The molecule has 0 unspecified atom stereocenters. The van der Waals surface area contributed by atoms with Gasteiger partial charge in [-0.3, -0.25) is 25.7 Å². The zero-order chi connectivity index (χ0) is 21.1. The Kier molecular flexibility index (Phi) is 5.13. The minimum absolute atomic E-state index is 0.0188. The van der Waals surface area contributed by atoms with Gasteiger partial charge in [-0.2, -0.15) is 5.10 Å². The number of fused-ring (bicyclic) bond motifs is 1. The van der Waals surface area contributed by atoms with Gasteiger partial charge in [0.2, 0.25) is 0 Å². The van der Waals surface area contributed by atoms with Crippen LogP contribution in [-0.2, 0) is 0 Å². The number of non-ortho nitro benzene ring substituents is 1. The zero-order valence-corrected chi connectivity index (χ0v) is 15.8. The van der Waals surface area contributed by atoms with Crippen LogP contribution in [0.25, 0.3) is 11.0 Å². The first-order valence-electron chi connectivity index (χ1n) is 8.44. The summed E-state index contributed by atoms with van der Waals surface area (Å²) in [5, 5.41) is 27.1. The molecule has 0 bridgehead atoms. The number of aromatic amines is 1. The number of rotatable bonds is 7. The quantitative estimate of drug-likeness (QED) is 0.248. The average Bonchev–Trinajstić information content (AvgIpc) is 3.34. The van der Waals surface area contributed by atoms with Crippen LogP contribution in [0.4, 0.5) is 17.1 Å². The van der Waals surface area contributed by atoms with E-state index in [1.165, 1.54) is 24.0 Å². The lowest BCUT2D eigenvalue weighted by Gasteiger charge is -2.01. The van der Waals surface area contributed by atoms with Crippen molar-refractivity contribution in [3.8, 4) is 0 Å². The Labute approximate surface area is 172 Å². The fraction of sp³-hybridized carbons (Fsp3) is 0. The second-order valence-corrected chi connectivity index (χ2v) is 6.90. The smallest absolute Gasteiger partial charge is 0.301 e. The predicted molar refractivity (Wildman–Crippen MR) is 110 cm³/mol. The molecule has 150 valence electrons. The maximum absolute atomic E-state index is 11.1. The van der Waals surface area contributed by atoms with Crippen LogP contribution in [-0.4, -0.2) is 26.0 Å². The molecular formula is C18H12N6O5S. The number of para-hydroxylation sites is 2. The van der Waals surface area contributed by atoms with Gasteiger partial charge in [-0.05, 0) is 42.1 Å². The largest absolute Gasteiger partial charge is 0.448 e. The standard InChI is InChI=1S/C18H12N6O5S/c25-23(26)11-5-7-15(16(9-11)24(27)28)22-19-10-12-6-8-17(29-12)30-18-20-13-3-1-2-4-14(13)21-18/h1-10,22H,(H,20,21). The Morgan fingerprint density at radius 2 is 1.93 bits per heavy atom. The van der Waals surface area contributed by atoms with Gasteiger partial charge in [0.25, 0.3) is 5.69 Å². The number of nitrogens with zero attached hydrogens (tertiary/aromatic N) is 4. The first-order valence-corrected chi connectivity index (χ1v) is 9.25. The molecule has 2 aromatic carbocycles. The van der Waals surface area contributed by atoms with Crippen molar-refractivity contribution >= 4 is 46.1 Å². The van der Waals surface area contributed by atoms with Gasteiger partial charge in [0.15, 0.2) is 10.2 Å². The second-order valence-electron chi connectivity index (χ2n) is 5.90. The number of anilines is 1. The number of H-pyrrole nitrogens is 1. The van der Waals surface area contributed by atoms with Crippen molar-refractivity contribution in [1.82, 2.24) is 9.97 Å². The zero-order valence-electron chi connectivity index (χ0n) is 15.0. The van der Waals surface area contributed by atoms with Crippen LogP contribution in [0.2, 0.25) is 0 Å². The molecule has 0 fully saturated rings. The van der Waals surface area contributed by atoms with Crippen molar-refractivity contribution in [2.45, 2.75) is 10.2 Å². The molecule has 0 spiro atoms. The van der Waals surface area contributed by atoms with Crippen molar-refractivity contribution in [3.05, 3.63) is 80.6 Å². The maximum Gasteiger partial charge on any atom is 0.301 e. The molecule has 2 N–H and O–H groups in total. The summed E-state index contributed by atoms with van der Waals surface area (Å²) in [4.78, 5) is 28.1. The van der Waals surface area contributed by atoms with Crippen LogP contribution in [0.3, 0.4) is 0 Å². The van der Waals surface area contributed by atoms with Crippen LogP contribution in [0, 0.1) is 20.2 Å². The number of hydrazone groups is 1. The van der Waals surface area contributed by atoms with Gasteiger partial charge < -0.3 is 9.40 Å². The number of nitrogens with one attached hydrogen (secondary N) is 2. The molecule has 0 saturated carbocycles. The number of hydrogen-bond acceptors (Lipinski definition) is 9. The molecule has 30 heavy (non-hydrogen) atoms. The van der Waals surface area contributed by atoms with E-state index in [0.29, 0.717) is 16.0 Å². The lowest BCUT2D eigenvalue weighted by molar-refractivity contribution is -0.393. The number of hydrogen-bond donors (Lipinski definition) is 2. The SMILES string of the molecule is O=[N+]([O-])c1ccc(NN=Cc2ccc(Sc3nc4ccccc4[nH]3)o2)c([N+](=O)[O-])c1. The summed E-state index contributed by atoms with van der Waals surface area (Å²) in [6.45, 7) is 0.